The van der Waals surface area contributed by atoms with Gasteiger partial charge in [-0.2, -0.15) is 0 Å². The van der Waals surface area contributed by atoms with E-state index in [0.29, 0.717) is 16.8 Å². The maximum absolute atomic E-state index is 13.5. The molecule has 0 radical (unpaired) electrons. The molecule has 0 aliphatic carbocycles. The highest BCUT2D eigenvalue weighted by atomic mass is 32.2. The van der Waals surface area contributed by atoms with Crippen molar-refractivity contribution in [3.05, 3.63) is 90.3 Å². The maximum Gasteiger partial charge on any atom is 0.329 e. The summed E-state index contributed by atoms with van der Waals surface area (Å²) in [5.74, 6) is -0.423. The molecular weight excluding hydrogens is 466 g/mol. The second-order valence-electron chi connectivity index (χ2n) is 8.06. The van der Waals surface area contributed by atoms with Crippen LogP contribution in [0.5, 0.6) is 0 Å². The molecule has 0 aliphatic rings. The van der Waals surface area contributed by atoms with Crippen LogP contribution in [-0.2, 0) is 21.2 Å². The third kappa shape index (κ3) is 5.33. The minimum absolute atomic E-state index is 0.0107. The number of carbonyl (C=O) groups is 2. The van der Waals surface area contributed by atoms with Gasteiger partial charge in [-0.25, -0.2) is 22.9 Å². The number of hydrogen-bond acceptors (Lipinski definition) is 5. The fraction of sp³-hybridized carbons (Fsp3) is 0.160. The van der Waals surface area contributed by atoms with Crippen LogP contribution >= 0.6 is 0 Å². The van der Waals surface area contributed by atoms with Gasteiger partial charge >= 0.3 is 6.03 Å². The van der Waals surface area contributed by atoms with E-state index in [-0.39, 0.29) is 11.3 Å². The van der Waals surface area contributed by atoms with Gasteiger partial charge < -0.3 is 15.2 Å². The highest BCUT2D eigenvalue weighted by molar-refractivity contribution is 7.90. The molecule has 180 valence electrons. The Morgan fingerprint density at radius 3 is 2.46 bits per heavy atom. The zero-order chi connectivity index (χ0) is 25.0. The molecule has 0 fully saturated rings. The number of anilines is 1. The zero-order valence-corrected chi connectivity index (χ0v) is 20.0. The minimum Gasteiger partial charge on any atom is -0.345 e. The number of amides is 3. The van der Waals surface area contributed by atoms with Gasteiger partial charge in [-0.3, -0.25) is 4.79 Å². The Hall–Kier alpha value is -4.18. The first-order chi connectivity index (χ1) is 16.8. The number of aromatic nitrogens is 2. The standard InChI is InChI=1S/C25H25N5O4S/c1-17-9-6-7-14-22(17)35(33,34)29-25(32)28-20(15-18-10-4-3-5-11-18)24(31)30(2)21-13-8-12-19-23(21)27-16-26-19/h3-14,16,20H,15H2,1-2H3,(H,26,27)(H2,28,29,32). The Bertz CT molecular complexity index is 1470. The number of aryl methyl sites for hydroxylation is 1. The number of imidazole rings is 1. The van der Waals surface area contributed by atoms with Gasteiger partial charge in [0.05, 0.1) is 22.4 Å². The third-order valence-corrected chi connectivity index (χ3v) is 7.11. The van der Waals surface area contributed by atoms with Crippen LogP contribution in [0.1, 0.15) is 11.1 Å². The largest absolute Gasteiger partial charge is 0.345 e. The van der Waals surface area contributed by atoms with Crippen molar-refractivity contribution in [3.63, 3.8) is 0 Å². The number of nitrogens with one attached hydrogen (secondary N) is 3. The Kier molecular flexibility index (Phi) is 6.83. The summed E-state index contributed by atoms with van der Waals surface area (Å²) < 4.78 is 27.6. The lowest BCUT2D eigenvalue weighted by Crippen LogP contribution is -2.52. The molecule has 35 heavy (non-hydrogen) atoms. The first-order valence-electron chi connectivity index (χ1n) is 10.9. The summed E-state index contributed by atoms with van der Waals surface area (Å²) in [6, 6.07) is 18.9. The summed E-state index contributed by atoms with van der Waals surface area (Å²) >= 11 is 0. The summed E-state index contributed by atoms with van der Waals surface area (Å²) in [4.78, 5) is 35.0. The number of H-pyrrole nitrogens is 1. The lowest BCUT2D eigenvalue weighted by Gasteiger charge is -2.25. The van der Waals surface area contributed by atoms with Gasteiger partial charge in [-0.05, 0) is 36.2 Å². The molecule has 9 nitrogen and oxygen atoms in total. The first-order valence-corrected chi connectivity index (χ1v) is 12.4. The summed E-state index contributed by atoms with van der Waals surface area (Å²) in [6.07, 6.45) is 1.70. The van der Waals surface area contributed by atoms with E-state index in [9.17, 15) is 18.0 Å². The van der Waals surface area contributed by atoms with Crippen LogP contribution < -0.4 is 14.9 Å². The summed E-state index contributed by atoms with van der Waals surface area (Å²) in [6.45, 7) is 1.64. The number of fused-ring (bicyclic) bond motifs is 1. The Balaban J connectivity index is 1.59. The summed E-state index contributed by atoms with van der Waals surface area (Å²) in [5.41, 5.74) is 3.22. The number of sulfonamides is 1. The molecule has 4 rings (SSSR count). The van der Waals surface area contributed by atoms with Crippen LogP contribution in [0.3, 0.4) is 0 Å². The highest BCUT2D eigenvalue weighted by Crippen LogP contribution is 2.24. The number of para-hydroxylation sites is 1. The molecule has 3 aromatic carbocycles. The highest BCUT2D eigenvalue weighted by Gasteiger charge is 2.28. The van der Waals surface area contributed by atoms with Crippen molar-refractivity contribution in [1.29, 1.82) is 0 Å². The van der Waals surface area contributed by atoms with Crippen molar-refractivity contribution in [2.75, 3.05) is 11.9 Å². The van der Waals surface area contributed by atoms with Crippen molar-refractivity contribution in [2.45, 2.75) is 24.3 Å². The van der Waals surface area contributed by atoms with Gasteiger partial charge in [0.2, 0.25) is 5.91 Å². The van der Waals surface area contributed by atoms with E-state index in [1.807, 2.05) is 41.1 Å². The van der Waals surface area contributed by atoms with E-state index in [4.69, 9.17) is 0 Å². The van der Waals surface area contributed by atoms with E-state index in [2.05, 4.69) is 15.3 Å². The van der Waals surface area contributed by atoms with Crippen molar-refractivity contribution in [2.24, 2.45) is 0 Å². The summed E-state index contributed by atoms with van der Waals surface area (Å²) in [7, 11) is -2.54. The van der Waals surface area contributed by atoms with Crippen LogP contribution in [0.15, 0.2) is 84.0 Å². The van der Waals surface area contributed by atoms with Gasteiger partial charge in [-0.1, -0.05) is 54.6 Å². The number of benzene rings is 3. The third-order valence-electron chi connectivity index (χ3n) is 5.62. The van der Waals surface area contributed by atoms with E-state index in [1.165, 1.54) is 17.3 Å². The van der Waals surface area contributed by atoms with E-state index >= 15 is 0 Å². The second-order valence-corrected chi connectivity index (χ2v) is 9.71. The molecule has 0 spiro atoms. The average molecular weight is 492 g/mol. The summed E-state index contributed by atoms with van der Waals surface area (Å²) in [5, 5.41) is 2.55. The van der Waals surface area contributed by atoms with Crippen molar-refractivity contribution >= 4 is 38.7 Å². The van der Waals surface area contributed by atoms with E-state index in [1.54, 1.807) is 44.3 Å². The van der Waals surface area contributed by atoms with Crippen molar-refractivity contribution in [3.8, 4) is 0 Å². The SMILES string of the molecule is Cc1ccccc1S(=O)(=O)NC(=O)NC(Cc1ccccc1)C(=O)N(C)c1cccc2[nH]cnc12. The molecule has 10 heteroatoms. The molecule has 1 heterocycles. The Morgan fingerprint density at radius 2 is 1.71 bits per heavy atom. The molecule has 1 aromatic heterocycles. The quantitative estimate of drug-likeness (QED) is 0.366. The second kappa shape index (κ2) is 9.98. The molecule has 0 saturated carbocycles. The smallest absolute Gasteiger partial charge is 0.329 e. The van der Waals surface area contributed by atoms with Crippen LogP contribution in [0.4, 0.5) is 10.5 Å². The number of likely N-dealkylation sites (N-methyl/N-ethyl adjacent to an activating group) is 1. The number of nitrogens with zero attached hydrogens (tertiary/aromatic N) is 2. The zero-order valence-electron chi connectivity index (χ0n) is 19.2. The molecule has 1 atom stereocenters. The van der Waals surface area contributed by atoms with E-state index < -0.39 is 28.0 Å². The lowest BCUT2D eigenvalue weighted by molar-refractivity contribution is -0.120. The number of hydrogen-bond donors (Lipinski definition) is 3. The Labute approximate surface area is 203 Å². The van der Waals surface area contributed by atoms with Crippen molar-refractivity contribution < 1.29 is 18.0 Å². The molecule has 3 N–H and O–H groups in total. The number of rotatable bonds is 7. The fourth-order valence-corrected chi connectivity index (χ4v) is 5.01. The predicted molar refractivity (Wildman–Crippen MR) is 133 cm³/mol. The van der Waals surface area contributed by atoms with Crippen LogP contribution in [0, 0.1) is 6.92 Å². The van der Waals surface area contributed by atoms with Crippen LogP contribution in [-0.4, -0.2) is 43.4 Å². The van der Waals surface area contributed by atoms with Crippen LogP contribution in [0.25, 0.3) is 11.0 Å². The van der Waals surface area contributed by atoms with Crippen molar-refractivity contribution in [1.82, 2.24) is 20.0 Å². The topological polar surface area (TPSA) is 124 Å². The Morgan fingerprint density at radius 1 is 1.00 bits per heavy atom. The molecule has 1 unspecified atom stereocenters. The molecule has 3 amide bonds. The molecule has 0 bridgehead atoms. The molecular formula is C25H25N5O4S. The fourth-order valence-electron chi connectivity index (χ4n) is 3.85. The van der Waals surface area contributed by atoms with E-state index in [0.717, 1.165) is 11.1 Å². The predicted octanol–water partition coefficient (Wildman–Crippen LogP) is 3.13. The molecule has 4 aromatic rings. The van der Waals surface area contributed by atoms with Gasteiger partial charge in [0.25, 0.3) is 10.0 Å². The number of carbonyl (C=O) groups excluding carboxylic acids is 2. The molecule has 0 saturated heterocycles. The average Bonchev–Trinajstić information content (AvgIpc) is 3.32. The normalized spacial score (nSPS) is 12.2. The van der Waals surface area contributed by atoms with Crippen LogP contribution in [0.2, 0.25) is 0 Å². The van der Waals surface area contributed by atoms with Gasteiger partial charge in [0, 0.05) is 13.5 Å². The van der Waals surface area contributed by atoms with Gasteiger partial charge in [-0.15, -0.1) is 0 Å². The number of urea groups is 1. The first kappa shape index (κ1) is 24.0. The minimum atomic E-state index is -4.13. The maximum atomic E-state index is 13.5. The van der Waals surface area contributed by atoms with Gasteiger partial charge in [0.1, 0.15) is 11.6 Å². The monoisotopic (exact) mass is 491 g/mol. The van der Waals surface area contributed by atoms with Gasteiger partial charge in [0.15, 0.2) is 0 Å². The number of aromatic amines is 1. The molecule has 0 aliphatic heterocycles. The lowest BCUT2D eigenvalue weighted by atomic mass is 10.0.